The molecule has 0 saturated heterocycles. The van der Waals surface area contributed by atoms with Gasteiger partial charge >= 0.3 is 11.7 Å². The Morgan fingerprint density at radius 3 is 2.67 bits per heavy atom. The van der Waals surface area contributed by atoms with Crippen molar-refractivity contribution in [3.8, 4) is 0 Å². The number of oxazole rings is 1. The van der Waals surface area contributed by atoms with E-state index in [4.69, 9.17) is 9.15 Å². The monoisotopic (exact) mass is 330 g/mol. The highest BCUT2D eigenvalue weighted by Gasteiger charge is 2.26. The quantitative estimate of drug-likeness (QED) is 0.414. The van der Waals surface area contributed by atoms with Crippen LogP contribution in [0, 0.1) is 15.9 Å². The molecular formula is C16H11FN2O5. The van der Waals surface area contributed by atoms with Gasteiger partial charge in [0.2, 0.25) is 5.82 Å². The van der Waals surface area contributed by atoms with E-state index in [1.54, 1.807) is 18.2 Å². The summed E-state index contributed by atoms with van der Waals surface area (Å²) in [6, 6.07) is 8.21. The van der Waals surface area contributed by atoms with Crippen LogP contribution in [0.3, 0.4) is 0 Å². The highest BCUT2D eigenvalue weighted by molar-refractivity contribution is 5.84. The Hall–Kier alpha value is -3.29. The van der Waals surface area contributed by atoms with E-state index in [1.807, 2.05) is 0 Å². The third-order valence-electron chi connectivity index (χ3n) is 3.63. The molecule has 0 aliphatic carbocycles. The average molecular weight is 330 g/mol. The lowest BCUT2D eigenvalue weighted by atomic mass is 9.91. The molecule has 0 radical (unpaired) electrons. The molecule has 7 nitrogen and oxygen atoms in total. The fourth-order valence-electron chi connectivity index (χ4n) is 2.49. The van der Waals surface area contributed by atoms with Crippen LogP contribution in [0.25, 0.3) is 11.1 Å². The molecule has 8 heteroatoms. The molecule has 0 aliphatic heterocycles. The minimum atomic E-state index is -1.02. The number of carbonyl (C=O) groups is 1. The van der Waals surface area contributed by atoms with Crippen molar-refractivity contribution in [2.45, 2.75) is 5.92 Å². The van der Waals surface area contributed by atoms with Gasteiger partial charge in [0.1, 0.15) is 11.4 Å². The van der Waals surface area contributed by atoms with Crippen LogP contribution in [0.5, 0.6) is 0 Å². The SMILES string of the molecule is COC(=O)C(c1ccc([N+](=O)[O-])c(F)c1)c1ccc2ocnc2c1. The summed E-state index contributed by atoms with van der Waals surface area (Å²) in [4.78, 5) is 26.1. The van der Waals surface area contributed by atoms with Crippen LogP contribution in [-0.2, 0) is 9.53 Å². The predicted molar refractivity (Wildman–Crippen MR) is 80.9 cm³/mol. The maximum absolute atomic E-state index is 13.9. The molecule has 0 N–H and O–H groups in total. The number of esters is 1. The number of carbonyl (C=O) groups excluding carboxylic acids is 1. The van der Waals surface area contributed by atoms with Gasteiger partial charge in [0.25, 0.3) is 0 Å². The Balaban J connectivity index is 2.11. The second-order valence-electron chi connectivity index (χ2n) is 5.00. The standard InChI is InChI=1S/C16H11FN2O5/c1-23-16(20)15(9-2-4-13(19(21)22)11(17)6-9)10-3-5-14-12(7-10)18-8-24-14/h2-8,15H,1H3. The van der Waals surface area contributed by atoms with E-state index < -0.39 is 28.3 Å². The predicted octanol–water partition coefficient (Wildman–Crippen LogP) is 3.18. The summed E-state index contributed by atoms with van der Waals surface area (Å²) in [7, 11) is 1.21. The van der Waals surface area contributed by atoms with Crippen LogP contribution >= 0.6 is 0 Å². The zero-order valence-corrected chi connectivity index (χ0v) is 12.4. The van der Waals surface area contributed by atoms with Gasteiger partial charge in [0.05, 0.1) is 12.0 Å². The van der Waals surface area contributed by atoms with E-state index in [0.29, 0.717) is 16.7 Å². The molecular weight excluding hydrogens is 319 g/mol. The minimum absolute atomic E-state index is 0.243. The molecule has 0 bridgehead atoms. The first-order valence-corrected chi connectivity index (χ1v) is 6.86. The summed E-state index contributed by atoms with van der Waals surface area (Å²) in [5.74, 6) is -2.58. The number of hydrogen-bond donors (Lipinski definition) is 0. The van der Waals surface area contributed by atoms with Gasteiger partial charge in [-0.25, -0.2) is 4.98 Å². The summed E-state index contributed by atoms with van der Waals surface area (Å²) in [5.41, 5.74) is 1.17. The molecule has 0 amide bonds. The molecule has 0 fully saturated rings. The molecule has 1 atom stereocenters. The zero-order valence-electron chi connectivity index (χ0n) is 12.4. The van der Waals surface area contributed by atoms with Crippen molar-refractivity contribution in [1.29, 1.82) is 0 Å². The highest BCUT2D eigenvalue weighted by atomic mass is 19.1. The number of benzene rings is 2. The van der Waals surface area contributed by atoms with Gasteiger partial charge in [0.15, 0.2) is 12.0 Å². The zero-order chi connectivity index (χ0) is 17.3. The fourth-order valence-corrected chi connectivity index (χ4v) is 2.49. The van der Waals surface area contributed by atoms with E-state index in [1.165, 1.54) is 19.6 Å². The van der Waals surface area contributed by atoms with Gasteiger partial charge in [-0.15, -0.1) is 0 Å². The van der Waals surface area contributed by atoms with Gasteiger partial charge in [-0.05, 0) is 29.3 Å². The molecule has 1 heterocycles. The van der Waals surface area contributed by atoms with Crippen molar-refractivity contribution in [2.24, 2.45) is 0 Å². The summed E-state index contributed by atoms with van der Waals surface area (Å²) in [5, 5.41) is 10.7. The number of aromatic nitrogens is 1. The van der Waals surface area contributed by atoms with E-state index in [0.717, 1.165) is 12.1 Å². The average Bonchev–Trinajstić information content (AvgIpc) is 3.02. The summed E-state index contributed by atoms with van der Waals surface area (Å²) >= 11 is 0. The van der Waals surface area contributed by atoms with E-state index in [-0.39, 0.29) is 5.56 Å². The third kappa shape index (κ3) is 2.69. The van der Waals surface area contributed by atoms with Gasteiger partial charge in [-0.3, -0.25) is 14.9 Å². The molecule has 122 valence electrons. The first kappa shape index (κ1) is 15.6. The van der Waals surface area contributed by atoms with E-state index in [2.05, 4.69) is 4.98 Å². The smallest absolute Gasteiger partial charge is 0.317 e. The number of rotatable bonds is 4. The summed E-state index contributed by atoms with van der Waals surface area (Å²) in [6.45, 7) is 0. The Morgan fingerprint density at radius 1 is 1.29 bits per heavy atom. The normalized spacial score (nSPS) is 12.1. The Morgan fingerprint density at radius 2 is 2.00 bits per heavy atom. The maximum atomic E-state index is 13.9. The van der Waals surface area contributed by atoms with Crippen molar-refractivity contribution in [3.05, 3.63) is 69.9 Å². The lowest BCUT2D eigenvalue weighted by Gasteiger charge is -2.15. The number of fused-ring (bicyclic) bond motifs is 1. The molecule has 2 aromatic carbocycles. The van der Waals surface area contributed by atoms with Crippen LogP contribution in [0.15, 0.2) is 47.2 Å². The first-order chi connectivity index (χ1) is 11.5. The fraction of sp³-hybridized carbons (Fsp3) is 0.125. The second kappa shape index (κ2) is 6.07. The van der Waals surface area contributed by atoms with Crippen molar-refractivity contribution in [1.82, 2.24) is 4.98 Å². The Bertz CT molecular complexity index is 937. The second-order valence-corrected chi connectivity index (χ2v) is 5.00. The molecule has 0 spiro atoms. The molecule has 24 heavy (non-hydrogen) atoms. The first-order valence-electron chi connectivity index (χ1n) is 6.86. The van der Waals surface area contributed by atoms with E-state index in [9.17, 15) is 19.3 Å². The molecule has 1 unspecified atom stereocenters. The topological polar surface area (TPSA) is 95.5 Å². The number of nitrogens with zero attached hydrogens (tertiary/aromatic N) is 2. The minimum Gasteiger partial charge on any atom is -0.468 e. The Labute approximate surface area is 134 Å². The van der Waals surface area contributed by atoms with Gasteiger partial charge in [0, 0.05) is 6.07 Å². The van der Waals surface area contributed by atoms with E-state index >= 15 is 0 Å². The van der Waals surface area contributed by atoms with Crippen molar-refractivity contribution < 1.29 is 23.3 Å². The maximum Gasteiger partial charge on any atom is 0.317 e. The van der Waals surface area contributed by atoms with Crippen LogP contribution in [0.1, 0.15) is 17.0 Å². The highest BCUT2D eigenvalue weighted by Crippen LogP contribution is 2.31. The van der Waals surface area contributed by atoms with Gasteiger partial charge in [-0.1, -0.05) is 12.1 Å². The third-order valence-corrected chi connectivity index (χ3v) is 3.63. The summed E-state index contributed by atoms with van der Waals surface area (Å²) in [6.07, 6.45) is 1.27. The van der Waals surface area contributed by atoms with Crippen LogP contribution < -0.4 is 0 Å². The number of halogens is 1. The van der Waals surface area contributed by atoms with Crippen LogP contribution in [0.4, 0.5) is 10.1 Å². The number of nitro benzene ring substituents is 1. The number of methoxy groups -OCH3 is 1. The van der Waals surface area contributed by atoms with Crippen molar-refractivity contribution in [2.75, 3.05) is 7.11 Å². The Kier molecular flexibility index (Phi) is 3.95. The molecule has 3 rings (SSSR count). The van der Waals surface area contributed by atoms with Crippen molar-refractivity contribution in [3.63, 3.8) is 0 Å². The lowest BCUT2D eigenvalue weighted by molar-refractivity contribution is -0.387. The number of nitro groups is 1. The molecule has 1 aromatic heterocycles. The van der Waals surface area contributed by atoms with Gasteiger partial charge in [-0.2, -0.15) is 4.39 Å². The largest absolute Gasteiger partial charge is 0.468 e. The lowest BCUT2D eigenvalue weighted by Crippen LogP contribution is -2.16. The number of hydrogen-bond acceptors (Lipinski definition) is 6. The van der Waals surface area contributed by atoms with Gasteiger partial charge < -0.3 is 9.15 Å². The van der Waals surface area contributed by atoms with Crippen LogP contribution in [0.2, 0.25) is 0 Å². The molecule has 0 saturated carbocycles. The number of ether oxygens (including phenoxy) is 1. The van der Waals surface area contributed by atoms with Crippen LogP contribution in [-0.4, -0.2) is 23.0 Å². The molecule has 3 aromatic rings. The summed E-state index contributed by atoms with van der Waals surface area (Å²) < 4.78 is 23.9. The van der Waals surface area contributed by atoms with Crippen molar-refractivity contribution >= 4 is 22.8 Å². The molecule has 0 aliphatic rings.